The largest absolute Gasteiger partial charge is 0.508 e. The summed E-state index contributed by atoms with van der Waals surface area (Å²) < 4.78 is 0. The fourth-order valence-corrected chi connectivity index (χ4v) is 6.62. The highest BCUT2D eigenvalue weighted by Crippen LogP contribution is 2.32. The molecule has 0 saturated heterocycles. The molecule has 306 valence electrons. The topological polar surface area (TPSA) is 40.5 Å². The van der Waals surface area contributed by atoms with E-state index in [1.807, 2.05) is 13.8 Å². The first-order valence-corrected chi connectivity index (χ1v) is 21.5. The summed E-state index contributed by atoms with van der Waals surface area (Å²) in [4.78, 5) is 0. The van der Waals surface area contributed by atoms with Gasteiger partial charge in [0.15, 0.2) is 0 Å². The van der Waals surface area contributed by atoms with E-state index in [0.29, 0.717) is 12.2 Å². The average molecular weight is 751 g/mol. The highest BCUT2D eigenvalue weighted by molar-refractivity contribution is 5.51. The lowest BCUT2D eigenvalue weighted by molar-refractivity contribution is 0.448. The Morgan fingerprint density at radius 3 is 0.909 bits per heavy atom. The van der Waals surface area contributed by atoms with Crippen molar-refractivity contribution in [3.63, 3.8) is 0 Å². The minimum absolute atomic E-state index is 0.255. The van der Waals surface area contributed by atoms with E-state index in [1.54, 1.807) is 6.07 Å². The summed E-state index contributed by atoms with van der Waals surface area (Å²) in [5, 5.41) is 20.6. The van der Waals surface area contributed by atoms with Crippen LogP contribution in [0.4, 0.5) is 0 Å². The summed E-state index contributed by atoms with van der Waals surface area (Å²) in [6, 6.07) is 1.69. The van der Waals surface area contributed by atoms with Gasteiger partial charge in [-0.3, -0.25) is 0 Å². The molecule has 0 fully saturated rings. The molecule has 1 aromatic rings. The molecule has 2 N–H and O–H groups in total. The van der Waals surface area contributed by atoms with Gasteiger partial charge in [0.05, 0.1) is 0 Å². The fraction of sp³-hybridized carbons (Fsp3) is 0.547. The van der Waals surface area contributed by atoms with Gasteiger partial charge in [0.2, 0.25) is 0 Å². The molecule has 0 amide bonds. The van der Waals surface area contributed by atoms with Crippen molar-refractivity contribution in [2.24, 2.45) is 0 Å². The van der Waals surface area contributed by atoms with Crippen LogP contribution in [-0.2, 0) is 6.42 Å². The van der Waals surface area contributed by atoms with Crippen molar-refractivity contribution in [2.45, 2.75) is 192 Å². The van der Waals surface area contributed by atoms with Gasteiger partial charge in [-0.2, -0.15) is 0 Å². The molecule has 2 heteroatoms. The molecule has 0 radical (unpaired) electrons. The fourth-order valence-electron chi connectivity index (χ4n) is 6.62. The molecule has 1 rings (SSSR count). The van der Waals surface area contributed by atoms with E-state index in [-0.39, 0.29) is 5.75 Å². The van der Waals surface area contributed by atoms with E-state index in [0.717, 1.165) is 100 Å². The van der Waals surface area contributed by atoms with E-state index < -0.39 is 0 Å². The number of phenolic OH excluding ortho intramolecular Hbond substituents is 2. The molecule has 55 heavy (non-hydrogen) atoms. The molecule has 0 aliphatic heterocycles. The standard InChI is InChI=1S/C53H82O2/c1-40(2)21-13-22-41(3)23-14-24-42(4)25-15-26-43(5)27-16-28-44(6)29-17-30-45(7)31-18-32-46(8)33-19-34-47(9)35-20-36-48(10)37-38-51-39-52(54)49(11)50(12)53(51)55/h21,23,25,27,29,31,33,35,37,39,54-55H,13-20,22,24,26,28,30,32,34,36,38H2,1-12H3/b41-23+,42-25+,43-27+,44-29+,45-31+,46-33+,47-35+,48-37+. The van der Waals surface area contributed by atoms with Crippen molar-refractivity contribution in [3.05, 3.63) is 128 Å². The van der Waals surface area contributed by atoms with Gasteiger partial charge in [-0.15, -0.1) is 0 Å². The van der Waals surface area contributed by atoms with Crippen LogP contribution in [0.5, 0.6) is 11.5 Å². The SMILES string of the molecule is CC(C)=CCC/C(C)=C/CC/C(C)=C/CC/C(C)=C/CC/C(C)=C/CC/C(C)=C/CC/C(C)=C/CC/C(C)=C/CC/C(C)=C/Cc1cc(O)c(C)c(C)c1O. The number of hydrogen-bond donors (Lipinski definition) is 2. The van der Waals surface area contributed by atoms with Crippen molar-refractivity contribution in [3.8, 4) is 11.5 Å². The van der Waals surface area contributed by atoms with Gasteiger partial charge >= 0.3 is 0 Å². The summed E-state index contributed by atoms with van der Waals surface area (Å²) >= 11 is 0. The zero-order valence-electron chi connectivity index (χ0n) is 37.7. The van der Waals surface area contributed by atoms with Crippen LogP contribution in [0.3, 0.4) is 0 Å². The van der Waals surface area contributed by atoms with Gasteiger partial charge in [0.25, 0.3) is 0 Å². The molecule has 0 bridgehead atoms. The van der Waals surface area contributed by atoms with Gasteiger partial charge in [-0.25, -0.2) is 0 Å². The van der Waals surface area contributed by atoms with Crippen LogP contribution in [-0.4, -0.2) is 10.2 Å². The first kappa shape index (κ1) is 49.5. The summed E-state index contributed by atoms with van der Waals surface area (Å²) in [6.07, 6.45) is 40.3. The van der Waals surface area contributed by atoms with Crippen LogP contribution in [0.2, 0.25) is 0 Å². The average Bonchev–Trinajstić information content (AvgIpc) is 3.11. The van der Waals surface area contributed by atoms with Gasteiger partial charge in [0.1, 0.15) is 11.5 Å². The Balaban J connectivity index is 2.28. The Morgan fingerprint density at radius 1 is 0.382 bits per heavy atom. The zero-order valence-corrected chi connectivity index (χ0v) is 37.7. The Hall–Kier alpha value is -3.52. The van der Waals surface area contributed by atoms with Crippen LogP contribution in [0.1, 0.15) is 189 Å². The molecular formula is C53H82O2. The molecular weight excluding hydrogens is 669 g/mol. The van der Waals surface area contributed by atoms with Gasteiger partial charge in [-0.05, 0) is 209 Å². The van der Waals surface area contributed by atoms with Crippen LogP contribution in [0.15, 0.2) is 111 Å². The van der Waals surface area contributed by atoms with Gasteiger partial charge < -0.3 is 10.2 Å². The quantitative estimate of drug-likeness (QED) is 0.0731. The van der Waals surface area contributed by atoms with Crippen LogP contribution in [0, 0.1) is 13.8 Å². The Labute approximate surface area is 340 Å². The highest BCUT2D eigenvalue weighted by Gasteiger charge is 2.10. The number of aromatic hydroxyl groups is 2. The first-order chi connectivity index (χ1) is 26.1. The number of benzene rings is 1. The highest BCUT2D eigenvalue weighted by atomic mass is 16.3. The van der Waals surface area contributed by atoms with E-state index in [9.17, 15) is 10.2 Å². The predicted molar refractivity (Wildman–Crippen MR) is 246 cm³/mol. The molecule has 0 saturated carbocycles. The molecule has 0 heterocycles. The first-order valence-electron chi connectivity index (χ1n) is 21.5. The smallest absolute Gasteiger partial charge is 0.122 e. The second kappa shape index (κ2) is 28.8. The lowest BCUT2D eigenvalue weighted by atomic mass is 9.99. The summed E-state index contributed by atoms with van der Waals surface area (Å²) in [6.45, 7) is 26.2. The van der Waals surface area contributed by atoms with E-state index >= 15 is 0 Å². The van der Waals surface area contributed by atoms with E-state index in [2.05, 4.69) is 124 Å². The molecule has 0 aliphatic rings. The van der Waals surface area contributed by atoms with Crippen LogP contribution >= 0.6 is 0 Å². The lowest BCUT2D eigenvalue weighted by Gasteiger charge is -2.10. The Bertz CT molecular complexity index is 1590. The van der Waals surface area contributed by atoms with E-state index in [4.69, 9.17) is 0 Å². The Morgan fingerprint density at radius 2 is 0.636 bits per heavy atom. The van der Waals surface area contributed by atoms with E-state index in [1.165, 1.54) is 69.4 Å². The van der Waals surface area contributed by atoms with Crippen molar-refractivity contribution in [1.29, 1.82) is 0 Å². The van der Waals surface area contributed by atoms with Gasteiger partial charge in [0, 0.05) is 5.56 Å². The molecule has 1 aromatic carbocycles. The monoisotopic (exact) mass is 751 g/mol. The molecule has 0 spiro atoms. The predicted octanol–water partition coefficient (Wildman–Crippen LogP) is 17.0. The van der Waals surface area contributed by atoms with Gasteiger partial charge in [-0.1, -0.05) is 105 Å². The van der Waals surface area contributed by atoms with Crippen molar-refractivity contribution < 1.29 is 10.2 Å². The summed E-state index contributed by atoms with van der Waals surface area (Å²) in [5.74, 6) is 0.554. The molecule has 0 aliphatic carbocycles. The Kier molecular flexibility index (Phi) is 25.9. The van der Waals surface area contributed by atoms with Crippen molar-refractivity contribution in [2.75, 3.05) is 0 Å². The molecule has 0 unspecified atom stereocenters. The zero-order chi connectivity index (χ0) is 41.2. The van der Waals surface area contributed by atoms with Crippen LogP contribution in [0.25, 0.3) is 0 Å². The number of rotatable bonds is 26. The number of allylic oxidation sites excluding steroid dienone is 18. The number of phenols is 2. The third-order valence-electron chi connectivity index (χ3n) is 10.9. The maximum Gasteiger partial charge on any atom is 0.122 e. The minimum Gasteiger partial charge on any atom is -0.508 e. The third kappa shape index (κ3) is 24.6. The van der Waals surface area contributed by atoms with Crippen LogP contribution < -0.4 is 0 Å². The molecule has 0 aromatic heterocycles. The van der Waals surface area contributed by atoms with Crippen molar-refractivity contribution in [1.82, 2.24) is 0 Å². The second-order valence-electron chi connectivity index (χ2n) is 16.9. The van der Waals surface area contributed by atoms with Crippen molar-refractivity contribution >= 4 is 0 Å². The second-order valence-corrected chi connectivity index (χ2v) is 16.9. The normalized spacial score (nSPS) is 14.3. The maximum absolute atomic E-state index is 10.4. The maximum atomic E-state index is 10.4. The number of hydrogen-bond acceptors (Lipinski definition) is 2. The molecule has 0 atom stereocenters. The summed E-state index contributed by atoms with van der Waals surface area (Å²) in [7, 11) is 0. The molecule has 2 nitrogen and oxygen atoms in total. The lowest BCUT2D eigenvalue weighted by Crippen LogP contribution is -1.91. The minimum atomic E-state index is 0.255. The summed E-state index contributed by atoms with van der Waals surface area (Å²) in [5.41, 5.74) is 15.5. The third-order valence-corrected chi connectivity index (χ3v) is 10.9.